The van der Waals surface area contributed by atoms with Crippen molar-refractivity contribution in [1.29, 1.82) is 0 Å². The van der Waals surface area contributed by atoms with Crippen LogP contribution in [-0.4, -0.2) is 23.5 Å². The van der Waals surface area contributed by atoms with Gasteiger partial charge in [-0.3, -0.25) is 4.79 Å². The molecule has 0 radical (unpaired) electrons. The predicted molar refractivity (Wildman–Crippen MR) is 70.2 cm³/mol. The van der Waals surface area contributed by atoms with Crippen molar-refractivity contribution in [2.45, 2.75) is 32.2 Å². The van der Waals surface area contributed by atoms with Crippen molar-refractivity contribution >= 4 is 11.7 Å². The number of carbonyl (C=O) groups excluding carboxylic acids is 1. The van der Waals surface area contributed by atoms with E-state index in [2.05, 4.69) is 15.6 Å². The Morgan fingerprint density at radius 1 is 1.44 bits per heavy atom. The van der Waals surface area contributed by atoms with Gasteiger partial charge >= 0.3 is 0 Å². The molecule has 2 fully saturated rings. The fourth-order valence-electron chi connectivity index (χ4n) is 3.29. The van der Waals surface area contributed by atoms with Crippen LogP contribution in [0.15, 0.2) is 18.2 Å². The number of nitrogens with zero attached hydrogens (tertiary/aromatic N) is 1. The molecule has 1 amide bonds. The summed E-state index contributed by atoms with van der Waals surface area (Å²) in [6.07, 6.45) is 3.71. The Morgan fingerprint density at radius 2 is 2.33 bits per heavy atom. The minimum absolute atomic E-state index is 0.0280. The maximum atomic E-state index is 12.3. The molecule has 0 aromatic carbocycles. The molecule has 96 valence electrons. The summed E-state index contributed by atoms with van der Waals surface area (Å²) in [6.45, 7) is 2.92. The molecule has 0 bridgehead atoms. The highest BCUT2D eigenvalue weighted by atomic mass is 16.2. The largest absolute Gasteiger partial charge is 0.309 e. The summed E-state index contributed by atoms with van der Waals surface area (Å²) in [5.41, 5.74) is 0.922. The van der Waals surface area contributed by atoms with Crippen LogP contribution in [-0.2, 0) is 4.79 Å². The Kier molecular flexibility index (Phi) is 3.04. The molecule has 3 rings (SSSR count). The van der Waals surface area contributed by atoms with E-state index >= 15 is 0 Å². The number of anilines is 1. The zero-order valence-electron chi connectivity index (χ0n) is 10.6. The van der Waals surface area contributed by atoms with Gasteiger partial charge < -0.3 is 10.6 Å². The van der Waals surface area contributed by atoms with Crippen LogP contribution >= 0.6 is 0 Å². The third kappa shape index (κ3) is 2.12. The molecule has 1 aromatic rings. The Hall–Kier alpha value is -1.42. The average molecular weight is 245 g/mol. The first kappa shape index (κ1) is 11.7. The monoisotopic (exact) mass is 245 g/mol. The Morgan fingerprint density at radius 3 is 3.17 bits per heavy atom. The molecule has 1 aromatic heterocycles. The third-order valence-corrected chi connectivity index (χ3v) is 4.17. The summed E-state index contributed by atoms with van der Waals surface area (Å²) >= 11 is 0. The van der Waals surface area contributed by atoms with Crippen LogP contribution in [0.5, 0.6) is 0 Å². The number of nitrogens with one attached hydrogen (secondary N) is 2. The molecule has 18 heavy (non-hydrogen) atoms. The maximum Gasteiger partial charge on any atom is 0.242 e. The molecule has 4 heteroatoms. The number of fused-ring (bicyclic) bond motifs is 1. The van der Waals surface area contributed by atoms with Gasteiger partial charge in [0.1, 0.15) is 5.82 Å². The molecule has 0 spiro atoms. The molecular formula is C14H19N3O. The van der Waals surface area contributed by atoms with Crippen molar-refractivity contribution in [2.75, 3.05) is 11.9 Å². The molecule has 1 aliphatic carbocycles. The summed E-state index contributed by atoms with van der Waals surface area (Å²) in [7, 11) is 0. The first-order valence-electron chi connectivity index (χ1n) is 6.72. The van der Waals surface area contributed by atoms with Gasteiger partial charge in [0.05, 0.1) is 6.04 Å². The second-order valence-corrected chi connectivity index (χ2v) is 5.39. The fraction of sp³-hybridized carbons (Fsp3) is 0.571. The molecule has 2 aliphatic rings. The van der Waals surface area contributed by atoms with E-state index in [0.29, 0.717) is 17.7 Å². The van der Waals surface area contributed by atoms with Gasteiger partial charge in [0.15, 0.2) is 0 Å². The lowest BCUT2D eigenvalue weighted by molar-refractivity contribution is -0.118. The van der Waals surface area contributed by atoms with Gasteiger partial charge in [0.2, 0.25) is 5.91 Å². The topological polar surface area (TPSA) is 54.0 Å². The summed E-state index contributed by atoms with van der Waals surface area (Å²) < 4.78 is 0. The highest BCUT2D eigenvalue weighted by Crippen LogP contribution is 2.37. The number of aromatic nitrogens is 1. The molecule has 2 heterocycles. The van der Waals surface area contributed by atoms with Crippen LogP contribution in [0.4, 0.5) is 5.82 Å². The Labute approximate surface area is 107 Å². The van der Waals surface area contributed by atoms with Gasteiger partial charge in [-0.05, 0) is 50.3 Å². The van der Waals surface area contributed by atoms with Crippen LogP contribution in [0, 0.1) is 18.8 Å². The second kappa shape index (κ2) is 4.69. The van der Waals surface area contributed by atoms with Gasteiger partial charge in [-0.1, -0.05) is 12.5 Å². The zero-order chi connectivity index (χ0) is 12.5. The summed E-state index contributed by atoms with van der Waals surface area (Å²) in [5, 5.41) is 6.28. The number of pyridine rings is 1. The molecule has 3 atom stereocenters. The van der Waals surface area contributed by atoms with Gasteiger partial charge in [0.25, 0.3) is 0 Å². The van der Waals surface area contributed by atoms with Crippen LogP contribution in [0.3, 0.4) is 0 Å². The van der Waals surface area contributed by atoms with Crippen LogP contribution < -0.4 is 10.6 Å². The van der Waals surface area contributed by atoms with Crippen LogP contribution in [0.1, 0.15) is 25.0 Å². The summed E-state index contributed by atoms with van der Waals surface area (Å²) in [6, 6.07) is 5.65. The smallest absolute Gasteiger partial charge is 0.242 e. The Bertz CT molecular complexity index is 460. The highest BCUT2D eigenvalue weighted by Gasteiger charge is 2.42. The van der Waals surface area contributed by atoms with E-state index in [1.165, 1.54) is 19.3 Å². The molecule has 1 aliphatic heterocycles. The first-order chi connectivity index (χ1) is 8.74. The molecule has 4 nitrogen and oxygen atoms in total. The van der Waals surface area contributed by atoms with Crippen molar-refractivity contribution in [3.8, 4) is 0 Å². The van der Waals surface area contributed by atoms with Crippen molar-refractivity contribution in [2.24, 2.45) is 11.8 Å². The predicted octanol–water partition coefficient (Wildman–Crippen LogP) is 1.72. The van der Waals surface area contributed by atoms with E-state index in [1.807, 2.05) is 25.1 Å². The van der Waals surface area contributed by atoms with Crippen LogP contribution in [0.25, 0.3) is 0 Å². The zero-order valence-corrected chi connectivity index (χ0v) is 10.6. The van der Waals surface area contributed by atoms with E-state index in [-0.39, 0.29) is 11.9 Å². The van der Waals surface area contributed by atoms with Crippen molar-refractivity contribution in [3.05, 3.63) is 23.9 Å². The standard InChI is InChI=1S/C14H19N3O/c1-9-4-2-7-12(16-9)17-14(18)13-11-6-3-5-10(11)8-15-13/h2,4,7,10-11,13,15H,3,5-6,8H2,1H3,(H,16,17,18). The van der Waals surface area contributed by atoms with E-state index in [1.54, 1.807) is 0 Å². The number of hydrogen-bond donors (Lipinski definition) is 2. The lowest BCUT2D eigenvalue weighted by Crippen LogP contribution is -2.39. The van der Waals surface area contributed by atoms with Crippen LogP contribution in [0.2, 0.25) is 0 Å². The van der Waals surface area contributed by atoms with Crippen molar-refractivity contribution in [3.63, 3.8) is 0 Å². The van der Waals surface area contributed by atoms with Gasteiger partial charge in [-0.15, -0.1) is 0 Å². The third-order valence-electron chi connectivity index (χ3n) is 4.17. The number of rotatable bonds is 2. The van der Waals surface area contributed by atoms with E-state index in [4.69, 9.17) is 0 Å². The lowest BCUT2D eigenvalue weighted by Gasteiger charge is -2.17. The molecular weight excluding hydrogens is 226 g/mol. The van der Waals surface area contributed by atoms with Crippen molar-refractivity contribution in [1.82, 2.24) is 10.3 Å². The van der Waals surface area contributed by atoms with Gasteiger partial charge in [0, 0.05) is 5.69 Å². The quantitative estimate of drug-likeness (QED) is 0.834. The first-order valence-corrected chi connectivity index (χ1v) is 6.72. The SMILES string of the molecule is Cc1cccc(NC(=O)C2NCC3CCCC32)n1. The second-order valence-electron chi connectivity index (χ2n) is 5.39. The summed E-state index contributed by atoms with van der Waals surface area (Å²) in [5.74, 6) is 1.95. The highest BCUT2D eigenvalue weighted by molar-refractivity contribution is 5.94. The lowest BCUT2D eigenvalue weighted by atomic mass is 9.94. The van der Waals surface area contributed by atoms with Gasteiger partial charge in [-0.2, -0.15) is 0 Å². The molecule has 2 N–H and O–H groups in total. The molecule has 3 unspecified atom stereocenters. The molecule has 1 saturated heterocycles. The van der Waals surface area contributed by atoms with E-state index < -0.39 is 0 Å². The number of amides is 1. The molecule has 1 saturated carbocycles. The normalized spacial score (nSPS) is 30.2. The summed E-state index contributed by atoms with van der Waals surface area (Å²) in [4.78, 5) is 16.6. The maximum absolute atomic E-state index is 12.3. The minimum Gasteiger partial charge on any atom is -0.309 e. The fourth-order valence-corrected chi connectivity index (χ4v) is 3.29. The number of aryl methyl sites for hydroxylation is 1. The van der Waals surface area contributed by atoms with Crippen molar-refractivity contribution < 1.29 is 4.79 Å². The number of carbonyl (C=O) groups is 1. The van der Waals surface area contributed by atoms with E-state index in [0.717, 1.165) is 12.2 Å². The Balaban J connectivity index is 1.68. The average Bonchev–Trinajstić information content (AvgIpc) is 2.89. The number of hydrogen-bond acceptors (Lipinski definition) is 3. The van der Waals surface area contributed by atoms with E-state index in [9.17, 15) is 4.79 Å². The minimum atomic E-state index is -0.0280. The van der Waals surface area contributed by atoms with Gasteiger partial charge in [-0.25, -0.2) is 4.98 Å².